The summed E-state index contributed by atoms with van der Waals surface area (Å²) >= 11 is 0.935. The van der Waals surface area contributed by atoms with E-state index in [4.69, 9.17) is 11.5 Å². The van der Waals surface area contributed by atoms with Crippen LogP contribution in [0.4, 0.5) is 0 Å². The molecule has 130 valence electrons. The first kappa shape index (κ1) is 19.8. The summed E-state index contributed by atoms with van der Waals surface area (Å²) in [7, 11) is 0. The first-order valence-electron chi connectivity index (χ1n) is 8.17. The highest BCUT2D eigenvalue weighted by molar-refractivity contribution is 7.97. The molecule has 0 saturated heterocycles. The lowest BCUT2D eigenvalue weighted by Crippen LogP contribution is -2.28. The first-order valence-corrected chi connectivity index (χ1v) is 9.25. The number of rotatable bonds is 11. The van der Waals surface area contributed by atoms with Crippen molar-refractivity contribution in [2.45, 2.75) is 37.9 Å². The van der Waals surface area contributed by atoms with Gasteiger partial charge in [-0.1, -0.05) is 25.0 Å². The van der Waals surface area contributed by atoms with Gasteiger partial charge in [-0.15, -0.1) is 0 Å². The molecule has 1 aromatic rings. The van der Waals surface area contributed by atoms with Crippen LogP contribution < -0.4 is 16.8 Å². The maximum atomic E-state index is 11.8. The predicted molar refractivity (Wildman–Crippen MR) is 100 cm³/mol. The van der Waals surface area contributed by atoms with Crippen molar-refractivity contribution in [3.8, 4) is 0 Å². The van der Waals surface area contributed by atoms with Gasteiger partial charge < -0.3 is 21.9 Å². The molecule has 0 bridgehead atoms. The Kier molecular flexibility index (Phi) is 10.6. The number of hydrogen-bond acceptors (Lipinski definition) is 3. The van der Waals surface area contributed by atoms with Gasteiger partial charge in [0.05, 0.1) is 5.05 Å². The largest absolute Gasteiger partial charge is 0.360 e. The van der Waals surface area contributed by atoms with Crippen molar-refractivity contribution in [3.05, 3.63) is 35.4 Å². The lowest BCUT2D eigenvalue weighted by Gasteiger charge is -2.05. The molecule has 0 aliphatic carbocycles. The second-order valence-corrected chi connectivity index (χ2v) is 6.58. The van der Waals surface area contributed by atoms with E-state index in [1.807, 2.05) is 12.1 Å². The van der Waals surface area contributed by atoms with Crippen molar-refractivity contribution in [2.75, 3.05) is 19.6 Å². The molecule has 6 heteroatoms. The van der Waals surface area contributed by atoms with E-state index in [1.54, 1.807) is 12.1 Å². The summed E-state index contributed by atoms with van der Waals surface area (Å²) in [5, 5.41) is 13.2. The molecule has 0 heterocycles. The van der Waals surface area contributed by atoms with Gasteiger partial charge >= 0.3 is 0 Å². The number of thiol groups is 1. The molecule has 0 unspecified atom stereocenters. The van der Waals surface area contributed by atoms with Gasteiger partial charge in [0.25, 0.3) is 5.91 Å². The molecule has 0 spiro atoms. The van der Waals surface area contributed by atoms with Crippen LogP contribution in [0.3, 0.4) is 0 Å². The van der Waals surface area contributed by atoms with Crippen LogP contribution in [0.2, 0.25) is 0 Å². The number of hydrogen-bond donors (Lipinski definition) is 5. The SMILES string of the molecule is NCCCCCCC(O)=[SH]Cc1ccc(C(=O)NCCN)cc1. The second kappa shape index (κ2) is 12.2. The number of carbonyl (C=O) groups is 1. The molecule has 1 amide bonds. The second-order valence-electron chi connectivity index (χ2n) is 5.43. The monoisotopic (exact) mass is 339 g/mol. The van der Waals surface area contributed by atoms with Crippen LogP contribution in [0.5, 0.6) is 0 Å². The summed E-state index contributed by atoms with van der Waals surface area (Å²) in [6.45, 7) is 1.66. The average Bonchev–Trinajstić information content (AvgIpc) is 2.58. The molecule has 23 heavy (non-hydrogen) atoms. The van der Waals surface area contributed by atoms with Crippen LogP contribution in [0.1, 0.15) is 48.0 Å². The highest BCUT2D eigenvalue weighted by atomic mass is 32.1. The summed E-state index contributed by atoms with van der Waals surface area (Å²) in [4.78, 5) is 11.8. The van der Waals surface area contributed by atoms with Gasteiger partial charge in [-0.2, -0.15) is 11.4 Å². The molecule has 0 aliphatic heterocycles. The number of amides is 1. The third kappa shape index (κ3) is 8.86. The quantitative estimate of drug-likeness (QED) is 0.241. The smallest absolute Gasteiger partial charge is 0.251 e. The number of nitrogens with two attached hydrogens (primary N) is 2. The summed E-state index contributed by atoms with van der Waals surface area (Å²) in [6.07, 6.45) is 5.08. The Morgan fingerprint density at radius 3 is 2.39 bits per heavy atom. The fraction of sp³-hybridized carbons (Fsp3) is 0.529. The van der Waals surface area contributed by atoms with Crippen molar-refractivity contribution >= 4 is 22.3 Å². The average molecular weight is 340 g/mol. The van der Waals surface area contributed by atoms with E-state index < -0.39 is 0 Å². The molecule has 5 nitrogen and oxygen atoms in total. The Morgan fingerprint density at radius 2 is 1.74 bits per heavy atom. The number of aliphatic hydroxyl groups excluding tert-OH is 1. The van der Waals surface area contributed by atoms with Crippen LogP contribution in [-0.4, -0.2) is 35.7 Å². The molecular formula is C17H29N3O2S. The zero-order valence-corrected chi connectivity index (χ0v) is 14.5. The van der Waals surface area contributed by atoms with E-state index >= 15 is 0 Å². The minimum atomic E-state index is -0.105. The maximum Gasteiger partial charge on any atom is 0.251 e. The highest BCUT2D eigenvalue weighted by Gasteiger charge is 2.03. The fourth-order valence-corrected chi connectivity index (χ4v) is 2.98. The van der Waals surface area contributed by atoms with E-state index in [0.29, 0.717) is 23.7 Å². The van der Waals surface area contributed by atoms with Gasteiger partial charge in [0, 0.05) is 24.4 Å². The van der Waals surface area contributed by atoms with Gasteiger partial charge in [-0.25, -0.2) is 0 Å². The molecule has 0 aromatic heterocycles. The standard InChI is InChI=1S/C17H29N3O2S/c18-10-4-2-1-3-5-16(21)23-13-14-6-8-15(9-7-14)17(22)20-12-11-19/h6-9,21,23H,1-5,10-13,18-19H2,(H,20,22). The Morgan fingerprint density at radius 1 is 1.04 bits per heavy atom. The normalized spacial score (nSPS) is 11.9. The van der Waals surface area contributed by atoms with Crippen molar-refractivity contribution in [2.24, 2.45) is 11.5 Å². The molecule has 0 aliphatic rings. The Bertz CT molecular complexity index is 489. The minimum Gasteiger partial charge on any atom is -0.360 e. The first-order chi connectivity index (χ1) is 11.2. The van der Waals surface area contributed by atoms with E-state index in [1.165, 1.54) is 0 Å². The fourth-order valence-electron chi connectivity index (χ4n) is 2.09. The van der Waals surface area contributed by atoms with Crippen LogP contribution in [-0.2, 0) is 5.75 Å². The Labute approximate surface area is 142 Å². The number of nitrogens with one attached hydrogen (secondary N) is 1. The van der Waals surface area contributed by atoms with E-state index in [9.17, 15) is 9.90 Å². The number of benzene rings is 1. The minimum absolute atomic E-state index is 0.105. The summed E-state index contributed by atoms with van der Waals surface area (Å²) in [5.74, 6) is 0.658. The Balaban J connectivity index is 2.36. The zero-order valence-electron chi connectivity index (χ0n) is 13.6. The van der Waals surface area contributed by atoms with Gasteiger partial charge in [0.15, 0.2) is 0 Å². The molecule has 6 N–H and O–H groups in total. The van der Waals surface area contributed by atoms with Crippen molar-refractivity contribution in [1.82, 2.24) is 5.32 Å². The molecule has 0 atom stereocenters. The number of unbranched alkanes of at least 4 members (excludes halogenated alkanes) is 3. The molecular weight excluding hydrogens is 310 g/mol. The Hall–Kier alpha value is -1.21. The van der Waals surface area contributed by atoms with Gasteiger partial charge in [0.2, 0.25) is 0 Å². The topological polar surface area (TPSA) is 101 Å². The number of aliphatic hydroxyl groups is 1. The molecule has 0 fully saturated rings. The van der Waals surface area contributed by atoms with Crippen molar-refractivity contribution in [1.29, 1.82) is 0 Å². The van der Waals surface area contributed by atoms with Crippen LogP contribution in [0.15, 0.2) is 24.3 Å². The van der Waals surface area contributed by atoms with Crippen LogP contribution in [0.25, 0.3) is 0 Å². The van der Waals surface area contributed by atoms with Crippen LogP contribution in [0, 0.1) is 0 Å². The predicted octanol–water partition coefficient (Wildman–Crippen LogP) is 1.94. The molecule has 1 aromatic carbocycles. The van der Waals surface area contributed by atoms with E-state index in [0.717, 1.165) is 61.3 Å². The lowest BCUT2D eigenvalue weighted by molar-refractivity contribution is 0.0954. The van der Waals surface area contributed by atoms with E-state index in [-0.39, 0.29) is 5.91 Å². The third-order valence-corrected chi connectivity index (χ3v) is 4.56. The maximum absolute atomic E-state index is 11.8. The molecule has 0 saturated carbocycles. The summed E-state index contributed by atoms with van der Waals surface area (Å²) in [6, 6.07) is 7.47. The molecule has 1 rings (SSSR count). The lowest BCUT2D eigenvalue weighted by atomic mass is 10.1. The van der Waals surface area contributed by atoms with Gasteiger partial charge in [-0.3, -0.25) is 4.79 Å². The summed E-state index contributed by atoms with van der Waals surface area (Å²) in [5.41, 5.74) is 12.5. The summed E-state index contributed by atoms with van der Waals surface area (Å²) < 4.78 is 0. The molecule has 0 radical (unpaired) electrons. The number of carbonyl (C=O) groups excluding carboxylic acids is 1. The van der Waals surface area contributed by atoms with E-state index in [2.05, 4.69) is 5.32 Å². The van der Waals surface area contributed by atoms with Crippen LogP contribution >= 0.6 is 11.4 Å². The van der Waals surface area contributed by atoms with Gasteiger partial charge in [0.1, 0.15) is 0 Å². The highest BCUT2D eigenvalue weighted by Crippen LogP contribution is 2.11. The van der Waals surface area contributed by atoms with Gasteiger partial charge in [-0.05, 0) is 43.5 Å². The van der Waals surface area contributed by atoms with Crippen molar-refractivity contribution < 1.29 is 9.90 Å². The van der Waals surface area contributed by atoms with Crippen molar-refractivity contribution in [3.63, 3.8) is 0 Å². The zero-order chi connectivity index (χ0) is 16.9. The third-order valence-electron chi connectivity index (χ3n) is 3.44.